The molecule has 1 aliphatic carbocycles. The quantitative estimate of drug-likeness (QED) is 0.697. The van der Waals surface area contributed by atoms with Crippen molar-refractivity contribution in [3.8, 4) is 0 Å². The number of imidazole rings is 1. The summed E-state index contributed by atoms with van der Waals surface area (Å²) in [6.07, 6.45) is 3.44. The summed E-state index contributed by atoms with van der Waals surface area (Å²) in [6.45, 7) is 1.93. The van der Waals surface area contributed by atoms with E-state index in [1.807, 2.05) is 13.0 Å². The Hall–Kier alpha value is -0.480. The summed E-state index contributed by atoms with van der Waals surface area (Å²) in [5, 5.41) is 0.858. The zero-order valence-corrected chi connectivity index (χ0v) is 14.2. The Balaban J connectivity index is 2.23. The second-order valence-corrected chi connectivity index (χ2v) is 6.95. The maximum Gasteiger partial charge on any atom is 0.128 e. The Morgan fingerprint density at radius 1 is 1.29 bits per heavy atom. The van der Waals surface area contributed by atoms with Gasteiger partial charge in [-0.1, -0.05) is 23.2 Å². The molecule has 1 heterocycles. The van der Waals surface area contributed by atoms with Crippen molar-refractivity contribution in [3.63, 3.8) is 0 Å². The van der Waals surface area contributed by atoms with Crippen LogP contribution in [0.1, 0.15) is 43.4 Å². The summed E-state index contributed by atoms with van der Waals surface area (Å²) >= 11 is 18.6. The fourth-order valence-electron chi connectivity index (χ4n) is 3.21. The highest BCUT2D eigenvalue weighted by Crippen LogP contribution is 2.39. The molecule has 3 unspecified atom stereocenters. The lowest BCUT2D eigenvalue weighted by Crippen LogP contribution is -2.22. The summed E-state index contributed by atoms with van der Waals surface area (Å²) in [5.41, 5.74) is 1.80. The Morgan fingerprint density at radius 3 is 2.67 bits per heavy atom. The molecule has 3 rings (SSSR count). The summed E-state index contributed by atoms with van der Waals surface area (Å²) in [7, 11) is 1.76. The van der Waals surface area contributed by atoms with Crippen LogP contribution >= 0.6 is 34.8 Å². The maximum atomic E-state index is 6.34. The number of rotatable bonds is 3. The molecule has 1 fully saturated rings. The molecular weight excluding hydrogens is 331 g/mol. The smallest absolute Gasteiger partial charge is 0.128 e. The number of fused-ring (bicyclic) bond motifs is 1. The first-order valence-corrected chi connectivity index (χ1v) is 8.26. The fraction of sp³-hybridized carbons (Fsp3) is 0.533. The van der Waals surface area contributed by atoms with E-state index < -0.39 is 0 Å². The number of ether oxygens (including phenoxy) is 1. The molecule has 114 valence electrons. The second kappa shape index (κ2) is 5.96. The van der Waals surface area contributed by atoms with Crippen molar-refractivity contribution in [1.29, 1.82) is 0 Å². The third kappa shape index (κ3) is 2.65. The van der Waals surface area contributed by atoms with E-state index in [1.54, 1.807) is 13.2 Å². The number of benzene rings is 1. The van der Waals surface area contributed by atoms with E-state index in [4.69, 9.17) is 39.5 Å². The number of alkyl halides is 1. The molecule has 0 saturated heterocycles. The molecule has 0 amide bonds. The summed E-state index contributed by atoms with van der Waals surface area (Å²) in [4.78, 5) is 4.66. The normalized spacial score (nSPS) is 23.9. The minimum Gasteiger partial charge on any atom is -0.379 e. The van der Waals surface area contributed by atoms with Crippen LogP contribution in [0.15, 0.2) is 12.1 Å². The van der Waals surface area contributed by atoms with E-state index in [2.05, 4.69) is 9.55 Å². The maximum absolute atomic E-state index is 6.34. The van der Waals surface area contributed by atoms with Crippen molar-refractivity contribution >= 4 is 45.8 Å². The van der Waals surface area contributed by atoms with Crippen LogP contribution in [-0.4, -0.2) is 22.8 Å². The molecule has 0 bridgehead atoms. The van der Waals surface area contributed by atoms with Gasteiger partial charge < -0.3 is 9.30 Å². The monoisotopic (exact) mass is 346 g/mol. The minimum atomic E-state index is -0.187. The van der Waals surface area contributed by atoms with Gasteiger partial charge in [0.15, 0.2) is 0 Å². The zero-order chi connectivity index (χ0) is 15.1. The molecule has 0 aliphatic heterocycles. The molecule has 1 saturated carbocycles. The van der Waals surface area contributed by atoms with Crippen molar-refractivity contribution in [2.24, 2.45) is 0 Å². The largest absolute Gasteiger partial charge is 0.379 e. The highest BCUT2D eigenvalue weighted by molar-refractivity contribution is 6.42. The van der Waals surface area contributed by atoms with Gasteiger partial charge >= 0.3 is 0 Å². The Bertz CT molecular complexity index is 668. The van der Waals surface area contributed by atoms with Crippen LogP contribution in [0.4, 0.5) is 0 Å². The van der Waals surface area contributed by atoms with Crippen molar-refractivity contribution in [2.75, 3.05) is 7.11 Å². The van der Waals surface area contributed by atoms with Gasteiger partial charge in [-0.25, -0.2) is 4.98 Å². The highest BCUT2D eigenvalue weighted by atomic mass is 35.5. The molecule has 1 aromatic carbocycles. The predicted octanol–water partition coefficient (Wildman–Crippen LogP) is 5.38. The number of aromatic nitrogens is 2. The molecule has 3 atom stereocenters. The van der Waals surface area contributed by atoms with Crippen molar-refractivity contribution in [2.45, 2.75) is 43.7 Å². The average molecular weight is 348 g/mol. The molecule has 2 aromatic rings. The van der Waals surface area contributed by atoms with Crippen molar-refractivity contribution in [1.82, 2.24) is 9.55 Å². The predicted molar refractivity (Wildman–Crippen MR) is 87.7 cm³/mol. The van der Waals surface area contributed by atoms with Crippen LogP contribution in [0.25, 0.3) is 11.0 Å². The van der Waals surface area contributed by atoms with Gasteiger partial charge in [0.1, 0.15) is 5.82 Å². The van der Waals surface area contributed by atoms with Gasteiger partial charge in [-0.15, -0.1) is 11.6 Å². The standard InChI is InChI=1S/C15H17Cl3N2O/c1-8(16)15-19-11-6-9(17)10(18)7-13(11)20(15)12-4-3-5-14(12)21-2/h6-8,12,14H,3-5H2,1-2H3. The van der Waals surface area contributed by atoms with Gasteiger partial charge in [-0.05, 0) is 38.3 Å². The van der Waals surface area contributed by atoms with Crippen molar-refractivity contribution < 1.29 is 4.74 Å². The van der Waals surface area contributed by atoms with E-state index in [9.17, 15) is 0 Å². The topological polar surface area (TPSA) is 27.1 Å². The Morgan fingerprint density at radius 2 is 2.00 bits per heavy atom. The van der Waals surface area contributed by atoms with Gasteiger partial charge in [0.25, 0.3) is 0 Å². The fourth-order valence-corrected chi connectivity index (χ4v) is 3.68. The van der Waals surface area contributed by atoms with Gasteiger partial charge in [0.2, 0.25) is 0 Å². The highest BCUT2D eigenvalue weighted by Gasteiger charge is 2.32. The van der Waals surface area contributed by atoms with Crippen LogP contribution in [0.5, 0.6) is 0 Å². The summed E-state index contributed by atoms with van der Waals surface area (Å²) in [6, 6.07) is 3.92. The molecule has 3 nitrogen and oxygen atoms in total. The van der Waals surface area contributed by atoms with E-state index in [0.29, 0.717) is 10.0 Å². The van der Waals surface area contributed by atoms with Gasteiger partial charge in [-0.3, -0.25) is 0 Å². The van der Waals surface area contributed by atoms with Crippen LogP contribution in [0.2, 0.25) is 10.0 Å². The molecular formula is C15H17Cl3N2O. The van der Waals surface area contributed by atoms with Gasteiger partial charge in [0, 0.05) is 7.11 Å². The van der Waals surface area contributed by atoms with Gasteiger partial charge in [-0.2, -0.15) is 0 Å². The number of hydrogen-bond acceptors (Lipinski definition) is 2. The molecule has 1 aliphatic rings. The molecule has 0 spiro atoms. The lowest BCUT2D eigenvalue weighted by molar-refractivity contribution is 0.0753. The Labute approximate surface area is 139 Å². The number of halogens is 3. The third-order valence-corrected chi connectivity index (χ3v) is 5.08. The molecule has 6 heteroatoms. The first kappa shape index (κ1) is 15.4. The molecule has 21 heavy (non-hydrogen) atoms. The zero-order valence-electron chi connectivity index (χ0n) is 11.9. The number of hydrogen-bond donors (Lipinski definition) is 0. The lowest BCUT2D eigenvalue weighted by atomic mass is 10.2. The van der Waals surface area contributed by atoms with E-state index in [0.717, 1.165) is 36.1 Å². The molecule has 0 N–H and O–H groups in total. The number of nitrogens with zero attached hydrogens (tertiary/aromatic N) is 2. The number of methoxy groups -OCH3 is 1. The van der Waals surface area contributed by atoms with Crippen molar-refractivity contribution in [3.05, 3.63) is 28.0 Å². The Kier molecular flexibility index (Phi) is 4.37. The van der Waals surface area contributed by atoms with E-state index in [1.165, 1.54) is 0 Å². The first-order chi connectivity index (χ1) is 10.0. The summed E-state index contributed by atoms with van der Waals surface area (Å²) < 4.78 is 7.83. The van der Waals surface area contributed by atoms with Crippen LogP contribution in [0, 0.1) is 0 Å². The first-order valence-electron chi connectivity index (χ1n) is 7.06. The molecule has 1 aromatic heterocycles. The second-order valence-electron chi connectivity index (χ2n) is 5.48. The van der Waals surface area contributed by atoms with Crippen LogP contribution in [-0.2, 0) is 4.74 Å². The third-order valence-electron chi connectivity index (χ3n) is 4.17. The SMILES string of the molecule is COC1CCCC1n1c(C(C)Cl)nc2cc(Cl)c(Cl)cc21. The van der Waals surface area contributed by atoms with E-state index in [-0.39, 0.29) is 17.5 Å². The van der Waals surface area contributed by atoms with Crippen LogP contribution in [0.3, 0.4) is 0 Å². The molecule has 0 radical (unpaired) electrons. The van der Waals surface area contributed by atoms with Crippen LogP contribution < -0.4 is 0 Å². The average Bonchev–Trinajstić information content (AvgIpc) is 3.02. The summed E-state index contributed by atoms with van der Waals surface area (Å²) in [5.74, 6) is 0.846. The van der Waals surface area contributed by atoms with E-state index >= 15 is 0 Å². The minimum absolute atomic E-state index is 0.186. The van der Waals surface area contributed by atoms with Gasteiger partial charge in [0.05, 0.1) is 38.6 Å². The lowest BCUT2D eigenvalue weighted by Gasteiger charge is -2.23.